The van der Waals surface area contributed by atoms with Crippen molar-refractivity contribution in [1.29, 1.82) is 0 Å². The van der Waals surface area contributed by atoms with Crippen LogP contribution in [-0.2, 0) is 10.0 Å². The molecule has 0 radical (unpaired) electrons. The van der Waals surface area contributed by atoms with E-state index in [1.54, 1.807) is 6.92 Å². The lowest BCUT2D eigenvalue weighted by Crippen LogP contribution is -2.37. The molecule has 0 fully saturated rings. The molecule has 17 heavy (non-hydrogen) atoms. The first-order valence-electron chi connectivity index (χ1n) is 4.99. The molecule has 0 amide bonds. The standard InChI is InChI=1S/C10H13Cl2NO3S/c1-2-8(6-14)13-17(15,16)10-5-7(11)3-4-9(10)12/h3-5,8,13-14H,2,6H2,1H3/t8-/m0/s1. The smallest absolute Gasteiger partial charge is 0.242 e. The second kappa shape index (κ2) is 6.02. The van der Waals surface area contributed by atoms with Crippen molar-refractivity contribution in [2.45, 2.75) is 24.3 Å². The fourth-order valence-corrected chi connectivity index (χ4v) is 3.29. The summed E-state index contributed by atoms with van der Waals surface area (Å²) in [5.74, 6) is 0. The van der Waals surface area contributed by atoms with Gasteiger partial charge in [-0.05, 0) is 24.6 Å². The van der Waals surface area contributed by atoms with Crippen LogP contribution in [0.25, 0.3) is 0 Å². The zero-order chi connectivity index (χ0) is 13.1. The molecule has 1 aromatic rings. The van der Waals surface area contributed by atoms with E-state index in [0.717, 1.165) is 0 Å². The van der Waals surface area contributed by atoms with Gasteiger partial charge in [0.15, 0.2) is 0 Å². The van der Waals surface area contributed by atoms with Gasteiger partial charge < -0.3 is 5.11 Å². The first-order valence-corrected chi connectivity index (χ1v) is 7.23. The van der Waals surface area contributed by atoms with Crippen LogP contribution >= 0.6 is 23.2 Å². The molecular weight excluding hydrogens is 285 g/mol. The third kappa shape index (κ3) is 3.82. The van der Waals surface area contributed by atoms with E-state index in [0.29, 0.717) is 6.42 Å². The largest absolute Gasteiger partial charge is 0.395 e. The van der Waals surface area contributed by atoms with Gasteiger partial charge in [-0.1, -0.05) is 30.1 Å². The minimum atomic E-state index is -3.76. The second-order valence-electron chi connectivity index (χ2n) is 3.48. The summed E-state index contributed by atoms with van der Waals surface area (Å²) in [4.78, 5) is -0.0847. The minimum Gasteiger partial charge on any atom is -0.395 e. The molecular formula is C10H13Cl2NO3S. The van der Waals surface area contributed by atoms with Crippen LogP contribution in [0.1, 0.15) is 13.3 Å². The molecule has 0 spiro atoms. The lowest BCUT2D eigenvalue weighted by Gasteiger charge is -2.15. The normalized spacial score (nSPS) is 13.6. The van der Waals surface area contributed by atoms with Crippen LogP contribution < -0.4 is 4.72 Å². The van der Waals surface area contributed by atoms with Gasteiger partial charge in [-0.15, -0.1) is 0 Å². The fourth-order valence-electron chi connectivity index (χ4n) is 1.22. The van der Waals surface area contributed by atoms with E-state index in [9.17, 15) is 8.42 Å². The molecule has 0 unspecified atom stereocenters. The van der Waals surface area contributed by atoms with Gasteiger partial charge >= 0.3 is 0 Å². The van der Waals surface area contributed by atoms with E-state index in [4.69, 9.17) is 28.3 Å². The Bertz CT molecular complexity index is 486. The highest BCUT2D eigenvalue weighted by molar-refractivity contribution is 7.89. The zero-order valence-electron chi connectivity index (χ0n) is 9.15. The Morgan fingerprint density at radius 1 is 1.41 bits per heavy atom. The zero-order valence-corrected chi connectivity index (χ0v) is 11.5. The molecule has 1 atom stereocenters. The fraction of sp³-hybridized carbons (Fsp3) is 0.400. The Balaban J connectivity index is 3.09. The second-order valence-corrected chi connectivity index (χ2v) is 6.01. The summed E-state index contributed by atoms with van der Waals surface area (Å²) in [6.45, 7) is 1.50. The lowest BCUT2D eigenvalue weighted by molar-refractivity contribution is 0.254. The number of hydrogen-bond donors (Lipinski definition) is 2. The molecule has 0 saturated carbocycles. The summed E-state index contributed by atoms with van der Waals surface area (Å²) >= 11 is 11.5. The molecule has 1 aromatic carbocycles. The molecule has 0 aromatic heterocycles. The first-order chi connectivity index (χ1) is 7.90. The Kier molecular flexibility index (Phi) is 5.22. The molecule has 0 aliphatic heterocycles. The summed E-state index contributed by atoms with van der Waals surface area (Å²) in [5.41, 5.74) is 0. The Morgan fingerprint density at radius 2 is 2.06 bits per heavy atom. The quantitative estimate of drug-likeness (QED) is 0.874. The Morgan fingerprint density at radius 3 is 2.59 bits per heavy atom. The highest BCUT2D eigenvalue weighted by Crippen LogP contribution is 2.25. The van der Waals surface area contributed by atoms with Gasteiger partial charge in [0.25, 0.3) is 0 Å². The van der Waals surface area contributed by atoms with E-state index in [2.05, 4.69) is 4.72 Å². The molecule has 0 saturated heterocycles. The number of nitrogens with one attached hydrogen (secondary N) is 1. The van der Waals surface area contributed by atoms with Crippen molar-refractivity contribution in [3.05, 3.63) is 28.2 Å². The van der Waals surface area contributed by atoms with Crippen LogP contribution in [0.2, 0.25) is 10.0 Å². The van der Waals surface area contributed by atoms with E-state index in [1.165, 1.54) is 18.2 Å². The molecule has 96 valence electrons. The van der Waals surface area contributed by atoms with Crippen LogP contribution in [-0.4, -0.2) is 26.2 Å². The van der Waals surface area contributed by atoms with E-state index >= 15 is 0 Å². The third-order valence-electron chi connectivity index (χ3n) is 2.22. The summed E-state index contributed by atoms with van der Waals surface area (Å²) in [6, 6.07) is 3.66. The maximum Gasteiger partial charge on any atom is 0.242 e. The van der Waals surface area contributed by atoms with Gasteiger partial charge in [0.1, 0.15) is 4.90 Å². The molecule has 2 N–H and O–H groups in total. The highest BCUT2D eigenvalue weighted by Gasteiger charge is 2.21. The SMILES string of the molecule is CC[C@@H](CO)NS(=O)(=O)c1cc(Cl)ccc1Cl. The molecule has 1 rings (SSSR count). The van der Waals surface area contributed by atoms with Crippen LogP contribution in [0.15, 0.2) is 23.1 Å². The van der Waals surface area contributed by atoms with Crippen molar-refractivity contribution in [2.24, 2.45) is 0 Å². The predicted octanol–water partition coefficient (Wildman–Crippen LogP) is 2.04. The highest BCUT2D eigenvalue weighted by atomic mass is 35.5. The molecule has 0 bridgehead atoms. The van der Waals surface area contributed by atoms with Crippen molar-refractivity contribution < 1.29 is 13.5 Å². The average Bonchev–Trinajstić information content (AvgIpc) is 2.29. The summed E-state index contributed by atoms with van der Waals surface area (Å²) in [7, 11) is -3.76. The van der Waals surface area contributed by atoms with Gasteiger partial charge in [0, 0.05) is 11.1 Å². The number of hydrogen-bond acceptors (Lipinski definition) is 3. The first kappa shape index (κ1) is 14.7. The Labute approximate surface area is 111 Å². The van der Waals surface area contributed by atoms with Gasteiger partial charge in [0.05, 0.1) is 11.6 Å². The molecule has 0 heterocycles. The van der Waals surface area contributed by atoms with E-state index < -0.39 is 16.1 Å². The van der Waals surface area contributed by atoms with Crippen LogP contribution in [0, 0.1) is 0 Å². The van der Waals surface area contributed by atoms with Crippen molar-refractivity contribution in [3.63, 3.8) is 0 Å². The number of halogens is 2. The number of aliphatic hydroxyl groups excluding tert-OH is 1. The van der Waals surface area contributed by atoms with E-state index in [-0.39, 0.29) is 21.5 Å². The van der Waals surface area contributed by atoms with Crippen LogP contribution in [0.5, 0.6) is 0 Å². The van der Waals surface area contributed by atoms with Crippen LogP contribution in [0.4, 0.5) is 0 Å². The van der Waals surface area contributed by atoms with Crippen molar-refractivity contribution >= 4 is 33.2 Å². The van der Waals surface area contributed by atoms with Gasteiger partial charge in [-0.3, -0.25) is 0 Å². The summed E-state index contributed by atoms with van der Waals surface area (Å²) in [6.07, 6.45) is 0.480. The molecule has 0 aliphatic carbocycles. The van der Waals surface area contributed by atoms with Gasteiger partial charge in [0.2, 0.25) is 10.0 Å². The molecule has 4 nitrogen and oxygen atoms in total. The van der Waals surface area contributed by atoms with Gasteiger partial charge in [-0.25, -0.2) is 13.1 Å². The molecule has 7 heteroatoms. The monoisotopic (exact) mass is 297 g/mol. The van der Waals surface area contributed by atoms with Crippen molar-refractivity contribution in [1.82, 2.24) is 4.72 Å². The van der Waals surface area contributed by atoms with Crippen molar-refractivity contribution in [2.75, 3.05) is 6.61 Å². The number of aliphatic hydroxyl groups is 1. The average molecular weight is 298 g/mol. The Hall–Kier alpha value is -0.330. The third-order valence-corrected chi connectivity index (χ3v) is 4.45. The molecule has 0 aliphatic rings. The summed E-state index contributed by atoms with van der Waals surface area (Å²) in [5, 5.41) is 9.35. The predicted molar refractivity (Wildman–Crippen MR) is 67.9 cm³/mol. The summed E-state index contributed by atoms with van der Waals surface area (Å²) < 4.78 is 26.3. The minimum absolute atomic E-state index is 0.0847. The van der Waals surface area contributed by atoms with E-state index in [1.807, 2.05) is 0 Å². The maximum absolute atomic E-state index is 12.0. The van der Waals surface area contributed by atoms with Crippen molar-refractivity contribution in [3.8, 4) is 0 Å². The topological polar surface area (TPSA) is 66.4 Å². The van der Waals surface area contributed by atoms with Crippen LogP contribution in [0.3, 0.4) is 0 Å². The maximum atomic E-state index is 12.0. The number of rotatable bonds is 5. The number of sulfonamides is 1. The number of benzene rings is 1. The van der Waals surface area contributed by atoms with Gasteiger partial charge in [-0.2, -0.15) is 0 Å². The lowest BCUT2D eigenvalue weighted by atomic mass is 10.3.